The number of aryl methyl sites for hydroxylation is 1. The van der Waals surface area contributed by atoms with Gasteiger partial charge in [0.1, 0.15) is 5.75 Å². The van der Waals surface area contributed by atoms with Crippen LogP contribution in [-0.2, 0) is 13.0 Å². The second-order valence-corrected chi connectivity index (χ2v) is 8.65. The van der Waals surface area contributed by atoms with Crippen LogP contribution in [0.25, 0.3) is 26.4 Å². The van der Waals surface area contributed by atoms with E-state index < -0.39 is 0 Å². The third kappa shape index (κ3) is 3.85. The maximum atomic E-state index is 12.7. The van der Waals surface area contributed by atoms with E-state index >= 15 is 0 Å². The molecular weight excluding hydrogens is 418 g/mol. The van der Waals surface area contributed by atoms with E-state index in [1.165, 1.54) is 5.56 Å². The molecule has 0 saturated carbocycles. The summed E-state index contributed by atoms with van der Waals surface area (Å²) in [5.41, 5.74) is 6.04. The largest absolute Gasteiger partial charge is 0.497 e. The van der Waals surface area contributed by atoms with Gasteiger partial charge < -0.3 is 10.1 Å². The third-order valence-electron chi connectivity index (χ3n) is 5.63. The van der Waals surface area contributed by atoms with Crippen LogP contribution in [0.2, 0.25) is 0 Å². The highest BCUT2D eigenvalue weighted by molar-refractivity contribution is 7.23. The van der Waals surface area contributed by atoms with Crippen LogP contribution in [0.15, 0.2) is 72.9 Å². The number of aromatic nitrogens is 2. The van der Waals surface area contributed by atoms with Crippen molar-refractivity contribution >= 4 is 32.4 Å². The van der Waals surface area contributed by atoms with Crippen molar-refractivity contribution in [2.24, 2.45) is 0 Å². The highest BCUT2D eigenvalue weighted by atomic mass is 32.1. The molecule has 0 bridgehead atoms. The lowest BCUT2D eigenvalue weighted by atomic mass is 10.1. The molecule has 5 rings (SSSR count). The minimum atomic E-state index is -0.0727. The molecule has 0 radical (unpaired) electrons. The quantitative estimate of drug-likeness (QED) is 0.367. The molecule has 0 aliphatic rings. The van der Waals surface area contributed by atoms with Crippen LogP contribution in [0.4, 0.5) is 0 Å². The second-order valence-electron chi connectivity index (χ2n) is 7.64. The summed E-state index contributed by atoms with van der Waals surface area (Å²) in [5, 5.41) is 3.02. The Labute approximate surface area is 190 Å². The van der Waals surface area contributed by atoms with E-state index in [0.717, 1.165) is 44.2 Å². The lowest BCUT2D eigenvalue weighted by Crippen LogP contribution is -2.22. The Morgan fingerprint density at radius 3 is 2.50 bits per heavy atom. The van der Waals surface area contributed by atoms with Crippen molar-refractivity contribution in [2.75, 3.05) is 7.11 Å². The summed E-state index contributed by atoms with van der Waals surface area (Å²) in [6, 6.07) is 22.0. The van der Waals surface area contributed by atoms with Gasteiger partial charge in [0.25, 0.3) is 5.91 Å². The van der Waals surface area contributed by atoms with Crippen LogP contribution in [0, 0.1) is 0 Å². The molecule has 2 aromatic heterocycles. The summed E-state index contributed by atoms with van der Waals surface area (Å²) >= 11 is 1.58. The first-order chi connectivity index (χ1) is 15.6. The van der Waals surface area contributed by atoms with Crippen molar-refractivity contribution < 1.29 is 9.53 Å². The summed E-state index contributed by atoms with van der Waals surface area (Å²) in [6.07, 6.45) is 3.05. The van der Waals surface area contributed by atoms with Crippen molar-refractivity contribution in [3.8, 4) is 17.0 Å². The van der Waals surface area contributed by atoms with Crippen molar-refractivity contribution in [3.63, 3.8) is 0 Å². The van der Waals surface area contributed by atoms with Crippen LogP contribution in [0.3, 0.4) is 0 Å². The zero-order chi connectivity index (χ0) is 22.1. The van der Waals surface area contributed by atoms with E-state index in [1.807, 2.05) is 48.7 Å². The number of hydrogen-bond donors (Lipinski definition) is 1. The van der Waals surface area contributed by atoms with E-state index in [4.69, 9.17) is 9.72 Å². The molecule has 1 amide bonds. The molecule has 5 nitrogen and oxygen atoms in total. The minimum Gasteiger partial charge on any atom is -0.497 e. The third-order valence-corrected chi connectivity index (χ3v) is 6.64. The van der Waals surface area contributed by atoms with Crippen LogP contribution in [0.5, 0.6) is 5.75 Å². The second kappa shape index (κ2) is 8.48. The minimum absolute atomic E-state index is 0.0727. The fourth-order valence-corrected chi connectivity index (χ4v) is 4.77. The van der Waals surface area contributed by atoms with Crippen molar-refractivity contribution in [1.29, 1.82) is 0 Å². The topological polar surface area (TPSA) is 55.6 Å². The number of imidazole rings is 1. The molecule has 0 aliphatic carbocycles. The fourth-order valence-electron chi connectivity index (χ4n) is 3.72. The number of methoxy groups -OCH3 is 1. The van der Waals surface area contributed by atoms with Crippen molar-refractivity contribution in [1.82, 2.24) is 14.7 Å². The van der Waals surface area contributed by atoms with Crippen molar-refractivity contribution in [2.45, 2.75) is 19.9 Å². The van der Waals surface area contributed by atoms with Gasteiger partial charge in [-0.25, -0.2) is 4.98 Å². The number of amides is 1. The Bertz CT molecular complexity index is 1400. The lowest BCUT2D eigenvalue weighted by molar-refractivity contribution is 0.0951. The number of carbonyl (C=O) groups excluding carboxylic acids is 1. The van der Waals surface area contributed by atoms with Crippen LogP contribution in [-0.4, -0.2) is 22.4 Å². The number of carbonyl (C=O) groups is 1. The summed E-state index contributed by atoms with van der Waals surface area (Å²) in [6.45, 7) is 2.65. The van der Waals surface area contributed by atoms with E-state index in [1.54, 1.807) is 18.4 Å². The molecule has 0 fully saturated rings. The summed E-state index contributed by atoms with van der Waals surface area (Å²) in [5.74, 6) is 0.750. The molecule has 0 aliphatic heterocycles. The molecule has 2 heterocycles. The highest BCUT2D eigenvalue weighted by Crippen LogP contribution is 2.30. The smallest absolute Gasteiger partial charge is 0.251 e. The van der Waals surface area contributed by atoms with Crippen LogP contribution in [0.1, 0.15) is 28.4 Å². The first kappa shape index (κ1) is 20.3. The van der Waals surface area contributed by atoms with E-state index in [9.17, 15) is 4.79 Å². The Balaban J connectivity index is 1.35. The van der Waals surface area contributed by atoms with Gasteiger partial charge in [0.2, 0.25) is 0 Å². The number of thiazole rings is 1. The Kier molecular flexibility index (Phi) is 5.37. The molecule has 0 spiro atoms. The van der Waals surface area contributed by atoms with Crippen molar-refractivity contribution in [3.05, 3.63) is 89.6 Å². The summed E-state index contributed by atoms with van der Waals surface area (Å²) < 4.78 is 8.35. The Morgan fingerprint density at radius 2 is 1.78 bits per heavy atom. The predicted molar refractivity (Wildman–Crippen MR) is 130 cm³/mol. The molecule has 3 aromatic carbocycles. The summed E-state index contributed by atoms with van der Waals surface area (Å²) in [4.78, 5) is 18.4. The van der Waals surface area contributed by atoms with Gasteiger partial charge in [-0.05, 0) is 60.0 Å². The number of nitrogens with one attached hydrogen (secondary N) is 1. The van der Waals surface area contributed by atoms with E-state index in [-0.39, 0.29) is 5.91 Å². The van der Waals surface area contributed by atoms with Crippen LogP contribution >= 0.6 is 11.3 Å². The number of fused-ring (bicyclic) bond motifs is 3. The average Bonchev–Trinajstić information content (AvgIpc) is 3.40. The zero-order valence-corrected chi connectivity index (χ0v) is 18.8. The van der Waals surface area contributed by atoms with Gasteiger partial charge in [0.15, 0.2) is 4.96 Å². The number of benzene rings is 3. The molecule has 1 N–H and O–H groups in total. The molecule has 0 atom stereocenters. The first-order valence-corrected chi connectivity index (χ1v) is 11.4. The maximum absolute atomic E-state index is 12.7. The molecule has 6 heteroatoms. The number of nitrogens with zero attached hydrogens (tertiary/aromatic N) is 2. The molecular formula is C26H23N3O2S. The van der Waals surface area contributed by atoms with Gasteiger partial charge in [-0.2, -0.15) is 0 Å². The number of rotatable bonds is 6. The predicted octanol–water partition coefficient (Wildman–Crippen LogP) is 5.72. The monoisotopic (exact) mass is 441 g/mol. The Morgan fingerprint density at radius 1 is 1.03 bits per heavy atom. The average molecular weight is 442 g/mol. The Hall–Kier alpha value is -3.64. The number of hydrogen-bond acceptors (Lipinski definition) is 4. The zero-order valence-electron chi connectivity index (χ0n) is 18.0. The van der Waals surface area contributed by atoms with E-state index in [2.05, 4.69) is 40.9 Å². The van der Waals surface area contributed by atoms with Gasteiger partial charge in [-0.15, -0.1) is 0 Å². The number of ether oxygens (including phenoxy) is 1. The molecule has 5 aromatic rings. The highest BCUT2D eigenvalue weighted by Gasteiger charge is 2.13. The van der Waals surface area contributed by atoms with Gasteiger partial charge in [0, 0.05) is 23.9 Å². The van der Waals surface area contributed by atoms with Gasteiger partial charge in [-0.1, -0.05) is 42.5 Å². The first-order valence-electron chi connectivity index (χ1n) is 10.6. The van der Waals surface area contributed by atoms with E-state index in [0.29, 0.717) is 12.1 Å². The SMILES string of the molecule is CCc1ccc(CNC(=O)c2ccc3c(c2)sc2nc(-c4ccc(OC)cc4)cn23)cc1. The fraction of sp³-hybridized carbons (Fsp3) is 0.154. The summed E-state index contributed by atoms with van der Waals surface area (Å²) in [7, 11) is 1.66. The molecule has 0 unspecified atom stereocenters. The van der Waals surface area contributed by atoms with Crippen LogP contribution < -0.4 is 10.1 Å². The van der Waals surface area contributed by atoms with Gasteiger partial charge in [0.05, 0.1) is 23.0 Å². The maximum Gasteiger partial charge on any atom is 0.251 e. The van der Waals surface area contributed by atoms with Gasteiger partial charge >= 0.3 is 0 Å². The lowest BCUT2D eigenvalue weighted by Gasteiger charge is -2.06. The molecule has 32 heavy (non-hydrogen) atoms. The molecule has 0 saturated heterocycles. The normalized spacial score (nSPS) is 11.2. The molecule has 160 valence electrons. The standard InChI is InChI=1S/C26H23N3O2S/c1-3-17-4-6-18(7-5-17)15-27-25(30)20-10-13-23-24(14-20)32-26-28-22(16-29(23)26)19-8-11-21(31-2)12-9-19/h4-14,16H,3,15H2,1-2H3,(H,27,30). The van der Waals surface area contributed by atoms with Gasteiger partial charge in [-0.3, -0.25) is 9.20 Å².